The molecule has 0 unspecified atom stereocenters. The number of fused-ring (bicyclic) bond motifs is 2. The summed E-state index contributed by atoms with van der Waals surface area (Å²) in [6, 6.07) is 9.86. The number of carbonyl (C=O) groups excluding carboxylic acids is 1. The number of pyridine rings is 2. The third-order valence-electron chi connectivity index (χ3n) is 6.17. The molecule has 0 spiro atoms. The van der Waals surface area contributed by atoms with Crippen LogP contribution in [0.4, 0.5) is 5.69 Å². The largest absolute Gasteiger partial charge is 0.336 e. The summed E-state index contributed by atoms with van der Waals surface area (Å²) in [6.07, 6.45) is 9.27. The fourth-order valence-corrected chi connectivity index (χ4v) is 4.49. The molecule has 10 heteroatoms. The molecule has 0 bridgehead atoms. The first-order valence-electron chi connectivity index (χ1n) is 12.3. The molecule has 0 saturated heterocycles. The molecule has 1 aromatic carbocycles. The van der Waals surface area contributed by atoms with E-state index in [1.807, 2.05) is 62.7 Å². The van der Waals surface area contributed by atoms with Crippen LogP contribution in [0.25, 0.3) is 50.4 Å². The first kappa shape index (κ1) is 23.5. The molecule has 10 nitrogen and oxygen atoms in total. The lowest BCUT2D eigenvalue weighted by Gasteiger charge is -2.17. The Bertz CT molecular complexity index is 1800. The zero-order valence-corrected chi connectivity index (χ0v) is 21.6. The summed E-state index contributed by atoms with van der Waals surface area (Å²) in [5, 5.41) is 11.5. The fourth-order valence-electron chi connectivity index (χ4n) is 4.49. The molecule has 5 heterocycles. The van der Waals surface area contributed by atoms with Crippen LogP contribution in [0, 0.1) is 12.3 Å². The Balaban J connectivity index is 1.36. The van der Waals surface area contributed by atoms with Crippen LogP contribution >= 0.6 is 0 Å². The molecule has 0 saturated carbocycles. The summed E-state index contributed by atoms with van der Waals surface area (Å²) >= 11 is 0. The minimum absolute atomic E-state index is 0.0337. The smallest absolute Gasteiger partial charge is 0.224 e. The predicted octanol–water partition coefficient (Wildman–Crippen LogP) is 5.43. The van der Waals surface area contributed by atoms with Gasteiger partial charge in [-0.2, -0.15) is 5.10 Å². The molecular formula is C28H27N9O. The van der Waals surface area contributed by atoms with Crippen molar-refractivity contribution in [3.8, 4) is 28.5 Å². The molecule has 0 aliphatic rings. The number of hydrogen-bond donors (Lipinski definition) is 3. The van der Waals surface area contributed by atoms with Crippen LogP contribution in [-0.2, 0) is 4.79 Å². The number of nitrogens with zero attached hydrogens (tertiary/aromatic N) is 6. The molecule has 0 aliphatic heterocycles. The summed E-state index contributed by atoms with van der Waals surface area (Å²) in [7, 11) is 0. The lowest BCUT2D eigenvalue weighted by molar-refractivity contribution is -0.117. The molecule has 6 rings (SSSR count). The average molecular weight is 506 g/mol. The first-order valence-corrected chi connectivity index (χ1v) is 12.3. The van der Waals surface area contributed by atoms with E-state index < -0.39 is 0 Å². The maximum atomic E-state index is 12.4. The highest BCUT2D eigenvalue weighted by molar-refractivity contribution is 5.97. The summed E-state index contributed by atoms with van der Waals surface area (Å²) in [5.74, 6) is 1.30. The normalized spacial score (nSPS) is 11.9. The average Bonchev–Trinajstić information content (AvgIpc) is 3.60. The van der Waals surface area contributed by atoms with Crippen LogP contribution in [0.3, 0.4) is 0 Å². The van der Waals surface area contributed by atoms with E-state index in [2.05, 4.69) is 41.5 Å². The zero-order valence-electron chi connectivity index (χ0n) is 21.6. The lowest BCUT2D eigenvalue weighted by Crippen LogP contribution is -2.19. The monoisotopic (exact) mass is 505 g/mol. The third kappa shape index (κ3) is 4.52. The van der Waals surface area contributed by atoms with Crippen molar-refractivity contribution in [2.45, 2.75) is 34.1 Å². The van der Waals surface area contributed by atoms with Crippen molar-refractivity contribution in [1.29, 1.82) is 0 Å². The van der Waals surface area contributed by atoms with Crippen molar-refractivity contribution in [3.63, 3.8) is 0 Å². The van der Waals surface area contributed by atoms with Gasteiger partial charge in [0.05, 0.1) is 28.6 Å². The number of aryl methyl sites for hydroxylation is 1. The number of carbonyl (C=O) groups is 1. The number of benzene rings is 1. The van der Waals surface area contributed by atoms with Crippen LogP contribution in [0.2, 0.25) is 0 Å². The number of aromatic amines is 2. The summed E-state index contributed by atoms with van der Waals surface area (Å²) < 4.78 is 1.86. The molecule has 0 radical (unpaired) electrons. The van der Waals surface area contributed by atoms with Crippen molar-refractivity contribution in [2.75, 3.05) is 5.32 Å². The number of hydrogen-bond acceptors (Lipinski definition) is 6. The quantitative estimate of drug-likeness (QED) is 0.286. The topological polar surface area (TPSA) is 130 Å². The fraction of sp³-hybridized carbons (Fsp3) is 0.214. The maximum absolute atomic E-state index is 12.4. The van der Waals surface area contributed by atoms with Gasteiger partial charge in [-0.15, -0.1) is 0 Å². The molecule has 38 heavy (non-hydrogen) atoms. The first-order chi connectivity index (χ1) is 18.2. The Labute approximate surface area is 218 Å². The van der Waals surface area contributed by atoms with Crippen molar-refractivity contribution in [3.05, 3.63) is 67.1 Å². The van der Waals surface area contributed by atoms with E-state index in [1.165, 1.54) is 0 Å². The molecule has 1 amide bonds. The van der Waals surface area contributed by atoms with Crippen molar-refractivity contribution >= 4 is 33.5 Å². The molecule has 3 N–H and O–H groups in total. The van der Waals surface area contributed by atoms with Gasteiger partial charge >= 0.3 is 0 Å². The Morgan fingerprint density at radius 3 is 2.71 bits per heavy atom. The van der Waals surface area contributed by atoms with E-state index in [4.69, 9.17) is 4.98 Å². The van der Waals surface area contributed by atoms with Gasteiger partial charge in [0.25, 0.3) is 0 Å². The minimum atomic E-state index is -0.0942. The van der Waals surface area contributed by atoms with E-state index in [0.29, 0.717) is 29.4 Å². The summed E-state index contributed by atoms with van der Waals surface area (Å²) in [4.78, 5) is 33.9. The van der Waals surface area contributed by atoms with Gasteiger partial charge < -0.3 is 10.3 Å². The van der Waals surface area contributed by atoms with Crippen LogP contribution in [0.1, 0.15) is 32.9 Å². The number of imidazole rings is 2. The van der Waals surface area contributed by atoms with Crippen molar-refractivity contribution in [2.24, 2.45) is 5.41 Å². The highest BCUT2D eigenvalue weighted by Gasteiger charge is 2.18. The van der Waals surface area contributed by atoms with E-state index >= 15 is 0 Å². The maximum Gasteiger partial charge on any atom is 0.224 e. The Morgan fingerprint density at radius 2 is 1.92 bits per heavy atom. The van der Waals surface area contributed by atoms with E-state index in [1.54, 1.807) is 24.9 Å². The summed E-state index contributed by atoms with van der Waals surface area (Å²) in [5.41, 5.74) is 6.48. The molecule has 5 aromatic heterocycles. The Morgan fingerprint density at radius 1 is 1.05 bits per heavy atom. The van der Waals surface area contributed by atoms with Gasteiger partial charge in [-0.25, -0.2) is 15.0 Å². The van der Waals surface area contributed by atoms with E-state index in [-0.39, 0.29) is 11.3 Å². The van der Waals surface area contributed by atoms with Gasteiger partial charge in [-0.05, 0) is 42.2 Å². The van der Waals surface area contributed by atoms with E-state index in [9.17, 15) is 4.79 Å². The second kappa shape index (κ2) is 8.91. The lowest BCUT2D eigenvalue weighted by atomic mass is 9.92. The molecular weight excluding hydrogens is 478 g/mol. The van der Waals surface area contributed by atoms with Gasteiger partial charge in [-0.3, -0.25) is 19.4 Å². The Hall–Kier alpha value is -4.86. The number of rotatable bonds is 5. The molecule has 0 atom stereocenters. The second-order valence-electron chi connectivity index (χ2n) is 10.6. The number of H-pyrrole nitrogens is 2. The van der Waals surface area contributed by atoms with Gasteiger partial charge in [0, 0.05) is 36.0 Å². The second-order valence-corrected chi connectivity index (χ2v) is 10.6. The number of aromatic nitrogens is 8. The number of amides is 1. The molecule has 0 fully saturated rings. The summed E-state index contributed by atoms with van der Waals surface area (Å²) in [6.45, 7) is 8.05. The minimum Gasteiger partial charge on any atom is -0.336 e. The highest BCUT2D eigenvalue weighted by Crippen LogP contribution is 2.32. The molecule has 190 valence electrons. The predicted molar refractivity (Wildman–Crippen MR) is 147 cm³/mol. The van der Waals surface area contributed by atoms with Gasteiger partial charge in [-0.1, -0.05) is 26.8 Å². The number of nitrogens with one attached hydrogen (secondary N) is 3. The molecule has 0 aliphatic carbocycles. The Kier molecular flexibility index (Phi) is 5.52. The third-order valence-corrected chi connectivity index (χ3v) is 6.17. The molecule has 6 aromatic rings. The van der Waals surface area contributed by atoms with Gasteiger partial charge in [0.1, 0.15) is 17.5 Å². The van der Waals surface area contributed by atoms with Crippen molar-refractivity contribution in [1.82, 2.24) is 39.7 Å². The SMILES string of the molecule is Cc1cn(-c2nccc3[nH]c(-c4n[nH]c5ccc(-c6cncc(NC(=O)CC(C)(C)C)c6)cc45)nc23)cn1. The zero-order chi connectivity index (χ0) is 26.4. The van der Waals surface area contributed by atoms with Crippen LogP contribution in [0.5, 0.6) is 0 Å². The number of anilines is 1. The van der Waals surface area contributed by atoms with Gasteiger partial charge in [0.2, 0.25) is 5.91 Å². The van der Waals surface area contributed by atoms with Crippen LogP contribution < -0.4 is 5.32 Å². The van der Waals surface area contributed by atoms with Crippen LogP contribution in [-0.4, -0.2) is 45.6 Å². The van der Waals surface area contributed by atoms with E-state index in [0.717, 1.165) is 38.8 Å². The van der Waals surface area contributed by atoms with Crippen molar-refractivity contribution < 1.29 is 4.79 Å². The highest BCUT2D eigenvalue weighted by atomic mass is 16.1. The standard InChI is InChI=1S/C28H27N9O/c1-16-14-37(15-31-16)27-25-22(7-8-30-27)33-26(34-25)24-20-10-17(5-6-21(20)35-36-24)18-9-19(13-29-12-18)32-23(38)11-28(2,3)4/h5-10,12-15H,11H2,1-4H3,(H,32,38)(H,33,34)(H,35,36). The van der Waals surface area contributed by atoms with Crippen LogP contribution in [0.15, 0.2) is 61.4 Å². The van der Waals surface area contributed by atoms with Gasteiger partial charge in [0.15, 0.2) is 11.6 Å².